The molecule has 0 aliphatic heterocycles. The number of hydrogen-bond acceptors (Lipinski definition) is 5. The fourth-order valence-electron chi connectivity index (χ4n) is 12.9. The molecule has 0 atom stereocenters. The molecule has 378 valence electrons. The Morgan fingerprint density at radius 2 is 0.889 bits per heavy atom. The summed E-state index contributed by atoms with van der Waals surface area (Å²) in [5, 5.41) is 16.4. The molecular weight excluding hydrogens is 1000 g/mol. The Kier molecular flexibility index (Phi) is 10.1. The van der Waals surface area contributed by atoms with E-state index in [9.17, 15) is 0 Å². The second kappa shape index (κ2) is 18.0. The molecule has 0 saturated heterocycles. The average Bonchev–Trinajstić information content (AvgIpc) is 4.28. The van der Waals surface area contributed by atoms with Crippen molar-refractivity contribution < 1.29 is 8.83 Å². The van der Waals surface area contributed by atoms with Crippen LogP contribution in [0.15, 0.2) is 288 Å². The number of para-hydroxylation sites is 3. The first-order valence-corrected chi connectivity index (χ1v) is 28.4. The summed E-state index contributed by atoms with van der Waals surface area (Å²) in [6.07, 6.45) is 0. The molecular formula is C76H46N2O2S. The van der Waals surface area contributed by atoms with E-state index in [1.807, 2.05) is 23.5 Å². The zero-order valence-electron chi connectivity index (χ0n) is 43.7. The molecule has 0 aliphatic rings. The molecule has 81 heavy (non-hydrogen) atoms. The number of fused-ring (bicyclic) bond motifs is 14. The van der Waals surface area contributed by atoms with E-state index >= 15 is 0 Å². The molecule has 0 bridgehead atoms. The van der Waals surface area contributed by atoms with Crippen molar-refractivity contribution in [1.82, 2.24) is 0 Å². The van der Waals surface area contributed by atoms with Gasteiger partial charge in [0.05, 0.1) is 16.8 Å². The van der Waals surface area contributed by atoms with Crippen LogP contribution in [0.2, 0.25) is 0 Å². The maximum atomic E-state index is 7.27. The number of hydrogen-bond donors (Lipinski definition) is 0. The van der Waals surface area contributed by atoms with Gasteiger partial charge >= 0.3 is 0 Å². The van der Waals surface area contributed by atoms with Gasteiger partial charge in [0.15, 0.2) is 0 Å². The summed E-state index contributed by atoms with van der Waals surface area (Å²) in [6.45, 7) is 0. The Labute approximate surface area is 469 Å². The van der Waals surface area contributed by atoms with Gasteiger partial charge in [0, 0.05) is 75.6 Å². The van der Waals surface area contributed by atoms with Crippen LogP contribution in [0.1, 0.15) is 0 Å². The van der Waals surface area contributed by atoms with Gasteiger partial charge < -0.3 is 18.6 Å². The summed E-state index contributed by atoms with van der Waals surface area (Å²) in [5.74, 6) is 0. The summed E-state index contributed by atoms with van der Waals surface area (Å²) in [7, 11) is 0. The van der Waals surface area contributed by atoms with Gasteiger partial charge in [-0.2, -0.15) is 0 Å². The predicted octanol–water partition coefficient (Wildman–Crippen LogP) is 22.7. The third-order valence-corrected chi connectivity index (χ3v) is 17.8. The maximum Gasteiger partial charge on any atom is 0.143 e. The number of benzene rings is 14. The Hall–Kier alpha value is -10.5. The zero-order chi connectivity index (χ0) is 53.1. The van der Waals surface area contributed by atoms with E-state index in [1.165, 1.54) is 52.5 Å². The van der Waals surface area contributed by atoms with E-state index in [0.29, 0.717) is 0 Å². The highest BCUT2D eigenvalue weighted by molar-refractivity contribution is 7.26. The third kappa shape index (κ3) is 7.22. The van der Waals surface area contributed by atoms with Gasteiger partial charge in [-0.1, -0.05) is 188 Å². The highest BCUT2D eigenvalue weighted by Gasteiger charge is 2.26. The molecule has 3 heterocycles. The van der Waals surface area contributed by atoms with Crippen LogP contribution in [0, 0.1) is 0 Å². The summed E-state index contributed by atoms with van der Waals surface area (Å²) in [5.41, 5.74) is 14.5. The molecule has 0 amide bonds. The highest BCUT2D eigenvalue weighted by Crippen LogP contribution is 2.51. The van der Waals surface area contributed by atoms with Gasteiger partial charge in [0.1, 0.15) is 22.3 Å². The van der Waals surface area contributed by atoms with Crippen molar-refractivity contribution >= 4 is 153 Å². The number of rotatable bonds is 8. The fraction of sp³-hybridized carbons (Fsp3) is 0. The minimum atomic E-state index is 0.829. The van der Waals surface area contributed by atoms with E-state index in [1.54, 1.807) is 0 Å². The fourth-order valence-corrected chi connectivity index (χ4v) is 14.1. The molecule has 4 nitrogen and oxygen atoms in total. The molecule has 3 aromatic heterocycles. The van der Waals surface area contributed by atoms with Gasteiger partial charge in [0.2, 0.25) is 0 Å². The van der Waals surface area contributed by atoms with Gasteiger partial charge in [-0.25, -0.2) is 0 Å². The summed E-state index contributed by atoms with van der Waals surface area (Å²) >= 11 is 1.86. The van der Waals surface area contributed by atoms with E-state index < -0.39 is 0 Å². The Morgan fingerprint density at radius 3 is 1.69 bits per heavy atom. The zero-order valence-corrected chi connectivity index (χ0v) is 44.5. The molecule has 14 aromatic carbocycles. The standard InChI is InChI=1S/C76H46N2O2S/c1-2-21-53(22-3-1)77(54-35-32-47-16-4-6-18-49(47)42-54)56-37-38-63-72(46-56)81-76-66(45-51-20-8-9-23-58(51)73(63)76)62-27-14-28-64-74-68(29-15-31-71(74)80-75(62)64)78(55-36-33-48-17-5-7-19-50(48)43-55)67-40-39-57(59-24-10-11-25-60(59)67)52-34-41-70-65(44-52)61-26-12-13-30-69(61)79-70/h1-46H. The lowest BCUT2D eigenvalue weighted by molar-refractivity contribution is 0.669. The van der Waals surface area contributed by atoms with Crippen molar-refractivity contribution in [3.8, 4) is 22.3 Å². The first-order valence-electron chi connectivity index (χ1n) is 27.5. The molecule has 17 aromatic rings. The quantitative estimate of drug-likeness (QED) is 0.152. The van der Waals surface area contributed by atoms with Crippen LogP contribution in [0.25, 0.3) is 129 Å². The Balaban J connectivity index is 0.860. The first kappa shape index (κ1) is 45.5. The Morgan fingerprint density at radius 1 is 0.272 bits per heavy atom. The number of nitrogens with zero attached hydrogens (tertiary/aromatic N) is 2. The van der Waals surface area contributed by atoms with Crippen molar-refractivity contribution in [3.05, 3.63) is 279 Å². The normalized spacial score (nSPS) is 12.0. The lowest BCUT2D eigenvalue weighted by Crippen LogP contribution is -2.11. The van der Waals surface area contributed by atoms with Crippen molar-refractivity contribution in [2.75, 3.05) is 9.80 Å². The van der Waals surface area contributed by atoms with Crippen LogP contribution in [0.4, 0.5) is 34.1 Å². The molecule has 0 unspecified atom stereocenters. The molecule has 0 radical (unpaired) electrons. The second-order valence-corrected chi connectivity index (χ2v) is 22.2. The van der Waals surface area contributed by atoms with Crippen LogP contribution in [-0.2, 0) is 0 Å². The number of anilines is 6. The third-order valence-electron chi connectivity index (χ3n) is 16.6. The minimum Gasteiger partial charge on any atom is -0.456 e. The molecule has 0 N–H and O–H groups in total. The van der Waals surface area contributed by atoms with Gasteiger partial charge in [-0.3, -0.25) is 0 Å². The van der Waals surface area contributed by atoms with Gasteiger partial charge in [-0.05, 0) is 140 Å². The first-order chi connectivity index (χ1) is 40.1. The monoisotopic (exact) mass is 1050 g/mol. The molecule has 0 aliphatic carbocycles. The van der Waals surface area contributed by atoms with Crippen LogP contribution in [0.5, 0.6) is 0 Å². The highest BCUT2D eigenvalue weighted by atomic mass is 32.1. The summed E-state index contributed by atoms with van der Waals surface area (Å²) in [6, 6.07) is 101. The largest absolute Gasteiger partial charge is 0.456 e. The van der Waals surface area contributed by atoms with E-state index in [-0.39, 0.29) is 0 Å². The topological polar surface area (TPSA) is 32.8 Å². The molecule has 0 saturated carbocycles. The summed E-state index contributed by atoms with van der Waals surface area (Å²) in [4.78, 5) is 4.83. The maximum absolute atomic E-state index is 7.27. The number of thiophene rings is 1. The van der Waals surface area contributed by atoms with Crippen LogP contribution in [-0.4, -0.2) is 0 Å². The van der Waals surface area contributed by atoms with Gasteiger partial charge in [-0.15, -0.1) is 11.3 Å². The number of furan rings is 2. The minimum absolute atomic E-state index is 0.829. The molecule has 17 rings (SSSR count). The lowest BCUT2D eigenvalue weighted by Gasteiger charge is -2.28. The Bertz CT molecular complexity index is 5400. The molecule has 0 spiro atoms. The van der Waals surface area contributed by atoms with Crippen LogP contribution >= 0.6 is 11.3 Å². The van der Waals surface area contributed by atoms with Crippen LogP contribution < -0.4 is 9.80 Å². The predicted molar refractivity (Wildman–Crippen MR) is 344 cm³/mol. The van der Waals surface area contributed by atoms with Crippen molar-refractivity contribution in [2.45, 2.75) is 0 Å². The van der Waals surface area contributed by atoms with Crippen molar-refractivity contribution in [1.29, 1.82) is 0 Å². The lowest BCUT2D eigenvalue weighted by atomic mass is 9.94. The molecule has 0 fully saturated rings. The van der Waals surface area contributed by atoms with Gasteiger partial charge in [0.25, 0.3) is 0 Å². The average molecular weight is 1050 g/mol. The van der Waals surface area contributed by atoms with E-state index in [4.69, 9.17) is 8.83 Å². The SMILES string of the molecule is c1ccc(N(c2ccc3ccccc3c2)c2ccc3c(c2)sc2c(-c4cccc5c4oc4cccc(N(c6ccc7ccccc7c6)c6ccc(-c7ccc8oc9ccccc9c8c7)c7ccccc67)c45)cc4ccccc4c23)cc1. The summed E-state index contributed by atoms with van der Waals surface area (Å²) < 4.78 is 16.0. The smallest absolute Gasteiger partial charge is 0.143 e. The van der Waals surface area contributed by atoms with Crippen molar-refractivity contribution in [2.24, 2.45) is 0 Å². The second-order valence-electron chi connectivity index (χ2n) is 21.1. The van der Waals surface area contributed by atoms with E-state index in [0.717, 1.165) is 111 Å². The van der Waals surface area contributed by atoms with E-state index in [2.05, 4.69) is 277 Å². The van der Waals surface area contributed by atoms with Crippen molar-refractivity contribution in [3.63, 3.8) is 0 Å². The molecule has 5 heteroatoms. The van der Waals surface area contributed by atoms with Crippen LogP contribution in [0.3, 0.4) is 0 Å².